The van der Waals surface area contributed by atoms with Gasteiger partial charge < -0.3 is 15.2 Å². The van der Waals surface area contributed by atoms with Crippen molar-refractivity contribution in [3.8, 4) is 6.07 Å². The third-order valence-electron chi connectivity index (χ3n) is 6.56. The molecule has 2 aliphatic rings. The van der Waals surface area contributed by atoms with Crippen LogP contribution in [-0.4, -0.2) is 35.4 Å². The van der Waals surface area contributed by atoms with E-state index in [0.717, 1.165) is 55.7 Å². The fourth-order valence-electron chi connectivity index (χ4n) is 4.89. The molecule has 1 atom stereocenters. The van der Waals surface area contributed by atoms with Crippen LogP contribution in [0.25, 0.3) is 10.9 Å². The molecule has 6 heteroatoms. The van der Waals surface area contributed by atoms with Crippen molar-refractivity contribution in [2.75, 3.05) is 25.0 Å². The standard InChI is InChI=1S/C25H26N4O.ClH/c26-14-18-2-5-24-22(13-18)21(15-27-24)12-19-8-10-29(16-19)9-7-17-1-4-23-20(11-17)3-6-25(30)28-23;/h1-2,4-5,11,13,15,19,27H,3,6-10,12,16H2,(H,28,30);1H. The Morgan fingerprint density at radius 3 is 2.94 bits per heavy atom. The predicted octanol–water partition coefficient (Wildman–Crippen LogP) is 4.45. The van der Waals surface area contributed by atoms with Crippen LogP contribution in [0.2, 0.25) is 0 Å². The monoisotopic (exact) mass is 434 g/mol. The molecule has 0 aliphatic carbocycles. The molecule has 2 aromatic carbocycles. The lowest BCUT2D eigenvalue weighted by Gasteiger charge is -2.19. The molecule has 1 amide bonds. The first-order valence-electron chi connectivity index (χ1n) is 10.8. The summed E-state index contributed by atoms with van der Waals surface area (Å²) in [6.07, 6.45) is 6.88. The molecule has 5 rings (SSSR count). The number of aromatic amines is 1. The highest BCUT2D eigenvalue weighted by molar-refractivity contribution is 5.93. The number of halogens is 1. The second kappa shape index (κ2) is 9.13. The predicted molar refractivity (Wildman–Crippen MR) is 126 cm³/mol. The number of nitriles is 1. The van der Waals surface area contributed by atoms with E-state index in [2.05, 4.69) is 45.7 Å². The van der Waals surface area contributed by atoms with Crippen molar-refractivity contribution in [1.82, 2.24) is 9.88 Å². The van der Waals surface area contributed by atoms with Gasteiger partial charge in [-0.25, -0.2) is 0 Å². The van der Waals surface area contributed by atoms with Crippen LogP contribution in [0.1, 0.15) is 35.1 Å². The Kier molecular flexibility index (Phi) is 6.31. The van der Waals surface area contributed by atoms with Crippen molar-refractivity contribution in [2.24, 2.45) is 5.92 Å². The smallest absolute Gasteiger partial charge is 0.224 e. The Hall–Kier alpha value is -2.81. The zero-order valence-corrected chi connectivity index (χ0v) is 18.3. The first kappa shape index (κ1) is 21.4. The van der Waals surface area contributed by atoms with Gasteiger partial charge in [-0.2, -0.15) is 5.26 Å². The van der Waals surface area contributed by atoms with E-state index in [1.807, 2.05) is 18.2 Å². The highest BCUT2D eigenvalue weighted by Crippen LogP contribution is 2.27. The Balaban J connectivity index is 0.00000231. The first-order chi connectivity index (χ1) is 14.7. The average molecular weight is 435 g/mol. The molecule has 1 aromatic heterocycles. The minimum absolute atomic E-state index is 0. The van der Waals surface area contributed by atoms with Crippen LogP contribution in [0, 0.1) is 17.2 Å². The number of aryl methyl sites for hydroxylation is 1. The lowest BCUT2D eigenvalue weighted by molar-refractivity contribution is -0.116. The van der Waals surface area contributed by atoms with Crippen LogP contribution in [-0.2, 0) is 24.1 Å². The lowest BCUT2D eigenvalue weighted by Crippen LogP contribution is -2.24. The summed E-state index contributed by atoms with van der Waals surface area (Å²) in [7, 11) is 0. The van der Waals surface area contributed by atoms with Crippen LogP contribution in [0.5, 0.6) is 0 Å². The van der Waals surface area contributed by atoms with Crippen LogP contribution in [0.4, 0.5) is 5.69 Å². The van der Waals surface area contributed by atoms with Crippen LogP contribution in [0.15, 0.2) is 42.6 Å². The molecule has 1 saturated heterocycles. The summed E-state index contributed by atoms with van der Waals surface area (Å²) in [6.45, 7) is 3.36. The zero-order chi connectivity index (χ0) is 20.5. The number of H-pyrrole nitrogens is 1. The highest BCUT2D eigenvalue weighted by Gasteiger charge is 2.23. The van der Waals surface area contributed by atoms with E-state index in [1.54, 1.807) is 0 Å². The number of hydrogen-bond acceptors (Lipinski definition) is 3. The molecule has 3 heterocycles. The molecule has 1 unspecified atom stereocenters. The van der Waals surface area contributed by atoms with Crippen LogP contribution >= 0.6 is 12.4 Å². The molecular weight excluding hydrogens is 408 g/mol. The molecule has 31 heavy (non-hydrogen) atoms. The number of fused-ring (bicyclic) bond motifs is 2. The number of amides is 1. The first-order valence-corrected chi connectivity index (χ1v) is 10.8. The van der Waals surface area contributed by atoms with Crippen molar-refractivity contribution in [3.63, 3.8) is 0 Å². The third-order valence-corrected chi connectivity index (χ3v) is 6.56. The van der Waals surface area contributed by atoms with Crippen molar-refractivity contribution in [1.29, 1.82) is 5.26 Å². The minimum atomic E-state index is 0. The van der Waals surface area contributed by atoms with Gasteiger partial charge in [0.25, 0.3) is 0 Å². The summed E-state index contributed by atoms with van der Waals surface area (Å²) in [5, 5.41) is 13.3. The quantitative estimate of drug-likeness (QED) is 0.623. The van der Waals surface area contributed by atoms with Gasteiger partial charge in [-0.05, 0) is 79.1 Å². The Morgan fingerprint density at radius 2 is 2.06 bits per heavy atom. The van der Waals surface area contributed by atoms with E-state index in [-0.39, 0.29) is 18.3 Å². The topological polar surface area (TPSA) is 71.9 Å². The summed E-state index contributed by atoms with van der Waals surface area (Å²) in [4.78, 5) is 17.4. The molecule has 3 aromatic rings. The minimum Gasteiger partial charge on any atom is -0.361 e. The summed E-state index contributed by atoms with van der Waals surface area (Å²) in [5.74, 6) is 0.783. The van der Waals surface area contributed by atoms with Crippen molar-refractivity contribution < 1.29 is 4.79 Å². The number of hydrogen-bond donors (Lipinski definition) is 2. The maximum Gasteiger partial charge on any atom is 0.224 e. The zero-order valence-electron chi connectivity index (χ0n) is 17.5. The van der Waals surface area contributed by atoms with Gasteiger partial charge in [0.2, 0.25) is 5.91 Å². The summed E-state index contributed by atoms with van der Waals surface area (Å²) in [5.41, 5.74) is 6.76. The van der Waals surface area contributed by atoms with E-state index in [0.29, 0.717) is 12.3 Å². The number of anilines is 1. The van der Waals surface area contributed by atoms with Gasteiger partial charge in [0, 0.05) is 42.3 Å². The highest BCUT2D eigenvalue weighted by atomic mass is 35.5. The fraction of sp³-hybridized carbons (Fsp3) is 0.360. The number of likely N-dealkylation sites (tertiary alicyclic amines) is 1. The third kappa shape index (κ3) is 4.61. The second-order valence-electron chi connectivity index (χ2n) is 8.64. The number of rotatable bonds is 5. The maximum absolute atomic E-state index is 11.5. The SMILES string of the molecule is Cl.N#Cc1ccc2[nH]cc(CC3CCN(CCc4ccc5c(c4)CCC(=O)N5)C3)c2c1. The average Bonchev–Trinajstić information content (AvgIpc) is 3.39. The maximum atomic E-state index is 11.5. The van der Waals surface area contributed by atoms with Gasteiger partial charge in [-0.3, -0.25) is 4.79 Å². The molecule has 2 N–H and O–H groups in total. The largest absolute Gasteiger partial charge is 0.361 e. The van der Waals surface area contributed by atoms with Crippen LogP contribution < -0.4 is 5.32 Å². The van der Waals surface area contributed by atoms with Gasteiger partial charge in [0.1, 0.15) is 0 Å². The van der Waals surface area contributed by atoms with E-state index < -0.39 is 0 Å². The van der Waals surface area contributed by atoms with Crippen LogP contribution in [0.3, 0.4) is 0 Å². The fourth-order valence-corrected chi connectivity index (χ4v) is 4.89. The number of carbonyl (C=O) groups is 1. The number of nitrogens with one attached hydrogen (secondary N) is 2. The molecule has 0 saturated carbocycles. The van der Waals surface area contributed by atoms with Gasteiger partial charge in [0.05, 0.1) is 11.6 Å². The van der Waals surface area contributed by atoms with Gasteiger partial charge >= 0.3 is 0 Å². The molecular formula is C25H27ClN4O. The van der Waals surface area contributed by atoms with Gasteiger partial charge in [-0.1, -0.05) is 12.1 Å². The molecule has 5 nitrogen and oxygen atoms in total. The molecule has 0 spiro atoms. The number of carbonyl (C=O) groups excluding carboxylic acids is 1. The summed E-state index contributed by atoms with van der Waals surface area (Å²) < 4.78 is 0. The van der Waals surface area contributed by atoms with E-state index in [9.17, 15) is 10.1 Å². The molecule has 0 radical (unpaired) electrons. The normalized spacial score (nSPS) is 18.3. The molecule has 2 aliphatic heterocycles. The lowest BCUT2D eigenvalue weighted by atomic mass is 9.97. The van der Waals surface area contributed by atoms with Gasteiger partial charge in [-0.15, -0.1) is 12.4 Å². The van der Waals surface area contributed by atoms with Crippen molar-refractivity contribution in [2.45, 2.75) is 32.1 Å². The summed E-state index contributed by atoms with van der Waals surface area (Å²) in [6, 6.07) is 14.6. The van der Waals surface area contributed by atoms with Crippen molar-refractivity contribution in [3.05, 3.63) is 64.8 Å². The Bertz CT molecular complexity index is 1150. The van der Waals surface area contributed by atoms with Crippen molar-refractivity contribution >= 4 is 34.9 Å². The Morgan fingerprint density at radius 1 is 1.16 bits per heavy atom. The number of benzene rings is 2. The second-order valence-corrected chi connectivity index (χ2v) is 8.64. The van der Waals surface area contributed by atoms with E-state index in [4.69, 9.17) is 0 Å². The van der Waals surface area contributed by atoms with Gasteiger partial charge in [0.15, 0.2) is 0 Å². The summed E-state index contributed by atoms with van der Waals surface area (Å²) >= 11 is 0. The number of nitrogens with zero attached hydrogens (tertiary/aromatic N) is 2. The van der Waals surface area contributed by atoms with E-state index in [1.165, 1.54) is 28.5 Å². The Labute approximate surface area is 188 Å². The molecule has 0 bridgehead atoms. The van der Waals surface area contributed by atoms with E-state index >= 15 is 0 Å². The molecule has 1 fully saturated rings. The number of aromatic nitrogens is 1. The molecule has 160 valence electrons.